The second-order valence-corrected chi connectivity index (χ2v) is 8.35. The number of hydrogen-bond acceptors (Lipinski definition) is 4. The van der Waals surface area contributed by atoms with Gasteiger partial charge in [0.2, 0.25) is 0 Å². The van der Waals surface area contributed by atoms with E-state index >= 15 is 0 Å². The van der Waals surface area contributed by atoms with Crippen molar-refractivity contribution < 1.29 is 0 Å². The molecule has 0 atom stereocenters. The Morgan fingerprint density at radius 2 is 1.14 bits per heavy atom. The van der Waals surface area contributed by atoms with Crippen molar-refractivity contribution in [3.63, 3.8) is 0 Å². The van der Waals surface area contributed by atoms with Crippen molar-refractivity contribution in [1.29, 1.82) is 0 Å². The number of nitrogens with one attached hydrogen (secondary N) is 2. The lowest BCUT2D eigenvalue weighted by atomic mass is 9.91. The van der Waals surface area contributed by atoms with E-state index < -0.39 is 5.54 Å². The van der Waals surface area contributed by atoms with Crippen LogP contribution in [0.2, 0.25) is 0 Å². The van der Waals surface area contributed by atoms with Crippen molar-refractivity contribution in [2.24, 2.45) is 11.5 Å². The molecule has 6 N–H and O–H groups in total. The zero-order chi connectivity index (χ0) is 19.7. The van der Waals surface area contributed by atoms with Crippen molar-refractivity contribution in [1.82, 2.24) is 20.4 Å². The van der Waals surface area contributed by atoms with Crippen LogP contribution in [0.1, 0.15) is 11.4 Å². The molecular formula is C20H18Br2N6. The molecule has 0 aliphatic heterocycles. The topological polar surface area (TPSA) is 109 Å². The Morgan fingerprint density at radius 1 is 0.750 bits per heavy atom. The monoisotopic (exact) mass is 500 g/mol. The molecule has 0 spiro atoms. The Labute approximate surface area is 179 Å². The van der Waals surface area contributed by atoms with Gasteiger partial charge in [0, 0.05) is 26.6 Å². The maximum absolute atomic E-state index is 6.69. The fraction of sp³-hybridized carbons (Fsp3) is 0.100. The van der Waals surface area contributed by atoms with Crippen LogP contribution < -0.4 is 11.5 Å². The van der Waals surface area contributed by atoms with Gasteiger partial charge in [-0.25, -0.2) is 0 Å². The molecule has 0 saturated heterocycles. The minimum atomic E-state index is -0.957. The third kappa shape index (κ3) is 3.56. The van der Waals surface area contributed by atoms with E-state index in [9.17, 15) is 0 Å². The van der Waals surface area contributed by atoms with Crippen LogP contribution >= 0.6 is 31.9 Å². The fourth-order valence-electron chi connectivity index (χ4n) is 3.00. The molecule has 0 aliphatic carbocycles. The molecule has 28 heavy (non-hydrogen) atoms. The van der Waals surface area contributed by atoms with Crippen LogP contribution in [0, 0.1) is 0 Å². The highest BCUT2D eigenvalue weighted by Gasteiger charge is 2.33. The Balaban J connectivity index is 1.67. The molecule has 4 rings (SSSR count). The minimum Gasteiger partial charge on any atom is -0.328 e. The number of rotatable bonds is 5. The molecule has 0 fully saturated rings. The predicted octanol–water partition coefficient (Wildman–Crippen LogP) is 4.15. The van der Waals surface area contributed by atoms with Gasteiger partial charge in [-0.1, -0.05) is 56.1 Å². The highest BCUT2D eigenvalue weighted by Crippen LogP contribution is 2.30. The van der Waals surface area contributed by atoms with Gasteiger partial charge in [-0.05, 0) is 36.4 Å². The summed E-state index contributed by atoms with van der Waals surface area (Å²) in [5.41, 5.74) is 16.8. The lowest BCUT2D eigenvalue weighted by Crippen LogP contribution is -2.45. The predicted molar refractivity (Wildman–Crippen MR) is 117 cm³/mol. The summed E-state index contributed by atoms with van der Waals surface area (Å²) in [6.45, 7) is 0.191. The van der Waals surface area contributed by atoms with E-state index in [0.717, 1.165) is 42.8 Å². The van der Waals surface area contributed by atoms with E-state index in [2.05, 4.69) is 52.3 Å². The number of H-pyrrole nitrogens is 2. The first kappa shape index (κ1) is 19.1. The fourth-order valence-corrected chi connectivity index (χ4v) is 3.53. The van der Waals surface area contributed by atoms with E-state index in [1.165, 1.54) is 0 Å². The third-order valence-electron chi connectivity index (χ3n) is 4.72. The Kier molecular flexibility index (Phi) is 5.20. The van der Waals surface area contributed by atoms with Gasteiger partial charge in [0.25, 0.3) is 0 Å². The molecule has 0 radical (unpaired) electrons. The van der Waals surface area contributed by atoms with E-state index in [-0.39, 0.29) is 6.54 Å². The molecule has 2 heterocycles. The second kappa shape index (κ2) is 7.63. The van der Waals surface area contributed by atoms with Crippen LogP contribution in [0.15, 0.2) is 69.6 Å². The van der Waals surface area contributed by atoms with Gasteiger partial charge in [-0.3, -0.25) is 10.2 Å². The Morgan fingerprint density at radius 3 is 1.50 bits per heavy atom. The van der Waals surface area contributed by atoms with Gasteiger partial charge in [0.05, 0.1) is 22.8 Å². The summed E-state index contributed by atoms with van der Waals surface area (Å²) in [6.07, 6.45) is 0. The average molecular weight is 502 g/mol. The van der Waals surface area contributed by atoms with Gasteiger partial charge >= 0.3 is 0 Å². The second-order valence-electron chi connectivity index (χ2n) is 6.52. The summed E-state index contributed by atoms with van der Waals surface area (Å²) in [4.78, 5) is 0. The van der Waals surface area contributed by atoms with Gasteiger partial charge in [-0.15, -0.1) is 0 Å². The highest BCUT2D eigenvalue weighted by atomic mass is 79.9. The van der Waals surface area contributed by atoms with Crippen molar-refractivity contribution in [3.05, 3.63) is 81.0 Å². The zero-order valence-corrected chi connectivity index (χ0v) is 18.0. The lowest BCUT2D eigenvalue weighted by Gasteiger charge is -2.24. The molecule has 0 aliphatic rings. The zero-order valence-electron chi connectivity index (χ0n) is 14.8. The molecule has 0 amide bonds. The number of benzene rings is 2. The van der Waals surface area contributed by atoms with Crippen LogP contribution in [0.5, 0.6) is 0 Å². The molecule has 0 unspecified atom stereocenters. The summed E-state index contributed by atoms with van der Waals surface area (Å²) in [5.74, 6) is 0. The number of nitrogens with zero attached hydrogens (tertiary/aromatic N) is 2. The molecular weight excluding hydrogens is 484 g/mol. The molecule has 2 aromatic carbocycles. The number of nitrogens with two attached hydrogens (primary N) is 2. The first-order valence-corrected chi connectivity index (χ1v) is 10.2. The summed E-state index contributed by atoms with van der Waals surface area (Å²) >= 11 is 6.89. The van der Waals surface area contributed by atoms with Gasteiger partial charge in [-0.2, -0.15) is 10.2 Å². The quantitative estimate of drug-likeness (QED) is 0.329. The third-order valence-corrected chi connectivity index (χ3v) is 5.78. The standard InChI is InChI=1S/C20H18Br2N6/c21-14-5-1-12(2-6-14)16-9-18(27-25-16)20(24,11-23)19-10-17(26-28-19)13-3-7-15(22)8-4-13/h1-10H,11,23-24H2,(H,25,27)(H,26,28). The van der Waals surface area contributed by atoms with Crippen LogP contribution in [-0.4, -0.2) is 26.9 Å². The maximum Gasteiger partial charge on any atom is 0.112 e. The lowest BCUT2D eigenvalue weighted by molar-refractivity contribution is 0.515. The van der Waals surface area contributed by atoms with E-state index in [1.807, 2.05) is 60.7 Å². The Hall–Kier alpha value is -2.26. The number of aromatic amines is 2. The minimum absolute atomic E-state index is 0.191. The van der Waals surface area contributed by atoms with Crippen LogP contribution in [-0.2, 0) is 5.54 Å². The van der Waals surface area contributed by atoms with Crippen molar-refractivity contribution in [3.8, 4) is 22.5 Å². The van der Waals surface area contributed by atoms with Gasteiger partial charge in [0.15, 0.2) is 0 Å². The van der Waals surface area contributed by atoms with Crippen LogP contribution in [0.25, 0.3) is 22.5 Å². The normalized spacial score (nSPS) is 11.7. The van der Waals surface area contributed by atoms with Gasteiger partial charge < -0.3 is 11.5 Å². The maximum atomic E-state index is 6.69. The molecule has 0 saturated carbocycles. The molecule has 4 aromatic rings. The number of hydrogen-bond donors (Lipinski definition) is 4. The summed E-state index contributed by atoms with van der Waals surface area (Å²) in [7, 11) is 0. The van der Waals surface area contributed by atoms with Crippen LogP contribution in [0.4, 0.5) is 0 Å². The van der Waals surface area contributed by atoms with Crippen molar-refractivity contribution in [2.45, 2.75) is 5.54 Å². The summed E-state index contributed by atoms with van der Waals surface area (Å²) < 4.78 is 2.03. The molecule has 8 heteroatoms. The number of halogens is 2. The van der Waals surface area contributed by atoms with Crippen LogP contribution in [0.3, 0.4) is 0 Å². The smallest absolute Gasteiger partial charge is 0.112 e. The van der Waals surface area contributed by atoms with Crippen molar-refractivity contribution in [2.75, 3.05) is 6.54 Å². The van der Waals surface area contributed by atoms with Gasteiger partial charge in [0.1, 0.15) is 5.54 Å². The largest absolute Gasteiger partial charge is 0.328 e. The molecule has 142 valence electrons. The van der Waals surface area contributed by atoms with E-state index in [1.54, 1.807) is 0 Å². The van der Waals surface area contributed by atoms with E-state index in [4.69, 9.17) is 11.5 Å². The number of aromatic nitrogens is 4. The Bertz CT molecular complexity index is 999. The molecule has 6 nitrogen and oxygen atoms in total. The molecule has 0 bridgehead atoms. The summed E-state index contributed by atoms with van der Waals surface area (Å²) in [6, 6.07) is 19.7. The molecule has 2 aromatic heterocycles. The summed E-state index contributed by atoms with van der Waals surface area (Å²) in [5, 5.41) is 14.9. The van der Waals surface area contributed by atoms with E-state index in [0.29, 0.717) is 0 Å². The SMILES string of the molecule is NCC(N)(c1cc(-c2ccc(Br)cc2)n[nH]1)c1cc(-c2ccc(Br)cc2)n[nH]1. The average Bonchev–Trinajstić information content (AvgIpc) is 3.39. The first-order valence-electron chi connectivity index (χ1n) is 8.62. The first-order chi connectivity index (χ1) is 13.5. The van der Waals surface area contributed by atoms with Crippen molar-refractivity contribution >= 4 is 31.9 Å². The highest BCUT2D eigenvalue weighted by molar-refractivity contribution is 9.10.